The molecule has 0 bridgehead atoms. The van der Waals surface area contributed by atoms with E-state index in [2.05, 4.69) is 15.6 Å². The number of ether oxygens (including phenoxy) is 5. The molecule has 3 heterocycles. The maximum Gasteiger partial charge on any atom is 0.287 e. The number of nitrogens with zero attached hydrogens (tertiary/aromatic N) is 2. The summed E-state index contributed by atoms with van der Waals surface area (Å²) in [6.45, 7) is 0.403. The van der Waals surface area contributed by atoms with Gasteiger partial charge in [-0.15, -0.1) is 0 Å². The molecule has 18 heteroatoms. The number of fused-ring (bicyclic) bond motifs is 1. The summed E-state index contributed by atoms with van der Waals surface area (Å²) in [6, 6.07) is -3.21. The summed E-state index contributed by atoms with van der Waals surface area (Å²) < 4.78 is 29.3. The molecule has 1 saturated carbocycles. The van der Waals surface area contributed by atoms with Crippen LogP contribution in [0.5, 0.6) is 0 Å². The lowest BCUT2D eigenvalue weighted by atomic mass is 9.94. The number of rotatable bonds is 9. The maximum atomic E-state index is 12.2. The average Bonchev–Trinajstić information content (AvgIpc) is 3.49. The quantitative estimate of drug-likeness (QED) is 0.116. The molecule has 3 aliphatic heterocycles. The Labute approximate surface area is 247 Å². The molecule has 18 nitrogen and oxygen atoms in total. The lowest BCUT2D eigenvalue weighted by Gasteiger charge is -2.48. The van der Waals surface area contributed by atoms with E-state index in [0.717, 1.165) is 6.92 Å². The van der Waals surface area contributed by atoms with Crippen molar-refractivity contribution in [3.05, 3.63) is 0 Å². The van der Waals surface area contributed by atoms with E-state index < -0.39 is 123 Å². The van der Waals surface area contributed by atoms with Crippen LogP contribution in [0.4, 0.5) is 0 Å². The average molecular weight is 623 g/mol. The van der Waals surface area contributed by atoms with Crippen LogP contribution in [0.1, 0.15) is 13.8 Å². The predicted octanol–water partition coefficient (Wildman–Crippen LogP) is -6.05. The second-order valence-corrected chi connectivity index (χ2v) is 11.3. The maximum absolute atomic E-state index is 12.2. The highest BCUT2D eigenvalue weighted by atomic mass is 16.7. The van der Waals surface area contributed by atoms with Gasteiger partial charge in [-0.3, -0.25) is 9.59 Å². The topological polar surface area (TPSA) is 262 Å². The Morgan fingerprint density at radius 1 is 0.791 bits per heavy atom. The third-order valence-electron chi connectivity index (χ3n) is 8.02. The zero-order valence-corrected chi connectivity index (χ0v) is 24.2. The van der Waals surface area contributed by atoms with Crippen molar-refractivity contribution in [1.29, 1.82) is 0 Å². The van der Waals surface area contributed by atoms with Gasteiger partial charge in [0, 0.05) is 27.9 Å². The van der Waals surface area contributed by atoms with Crippen molar-refractivity contribution in [3.63, 3.8) is 0 Å². The first-order chi connectivity index (χ1) is 20.3. The van der Waals surface area contributed by atoms with Gasteiger partial charge in [0.1, 0.15) is 67.0 Å². The van der Waals surface area contributed by atoms with E-state index >= 15 is 0 Å². The molecule has 9 N–H and O–H groups in total. The minimum absolute atomic E-state index is 0.273. The standard InChI is InChI=1S/C25H42N4O14/c1-8(33)26-14-17(36)16(35)11(6-31)39-23(14)42-22-12(7-32)40-24(15(19(22)38)27-9(2)34)41-21-10(5-30)20-13(18(21)37)28-25(43-20)29(3)4/h10-24,30-32,35-38H,5-7H2,1-4H3,(H,26,33)(H,27,34)/t10-,11+,12+,13+,14+,15+,16+,17+,18+,19+,20-,21+,22+,23-,24-/m0/s1. The number of aliphatic hydroxyl groups is 7. The predicted molar refractivity (Wildman–Crippen MR) is 141 cm³/mol. The van der Waals surface area contributed by atoms with E-state index in [1.807, 2.05) is 0 Å². The number of hydrogen-bond acceptors (Lipinski definition) is 16. The number of aliphatic imine (C=N–C) groups is 1. The molecule has 4 rings (SSSR count). The first-order valence-electron chi connectivity index (χ1n) is 14.0. The Hall–Kier alpha value is -2.23. The lowest BCUT2D eigenvalue weighted by molar-refractivity contribution is -0.339. The van der Waals surface area contributed by atoms with Crippen LogP contribution >= 0.6 is 0 Å². The van der Waals surface area contributed by atoms with Crippen molar-refractivity contribution in [1.82, 2.24) is 15.5 Å². The number of amides is 2. The van der Waals surface area contributed by atoms with Gasteiger partial charge in [-0.05, 0) is 0 Å². The molecule has 1 aliphatic carbocycles. The molecule has 0 spiro atoms. The SMILES string of the molecule is CC(=O)N[C@H]1[C@H](O[C@H]2[C@H](O)[C@H]3N=C(N(C)C)O[C@H]3[C@@H]2CO)O[C@H](CO)[C@@H](O[C@@H]2O[C@H](CO)[C@@H](O)[C@H](O)[C@H]2NC(C)=O)[C@@H]1O. The van der Waals surface area contributed by atoms with Gasteiger partial charge in [-0.1, -0.05) is 0 Å². The molecule has 0 aromatic rings. The van der Waals surface area contributed by atoms with E-state index in [1.165, 1.54) is 6.92 Å². The van der Waals surface area contributed by atoms with Gasteiger partial charge in [-0.2, -0.15) is 0 Å². The zero-order chi connectivity index (χ0) is 31.7. The zero-order valence-electron chi connectivity index (χ0n) is 24.2. The molecule has 2 amide bonds. The Morgan fingerprint density at radius 2 is 1.33 bits per heavy atom. The third-order valence-corrected chi connectivity index (χ3v) is 8.02. The monoisotopic (exact) mass is 622 g/mol. The number of nitrogens with one attached hydrogen (secondary N) is 2. The first-order valence-corrected chi connectivity index (χ1v) is 14.0. The van der Waals surface area contributed by atoms with E-state index in [0.29, 0.717) is 0 Å². The van der Waals surface area contributed by atoms with Crippen LogP contribution in [0.15, 0.2) is 4.99 Å². The molecule has 15 atom stereocenters. The van der Waals surface area contributed by atoms with Crippen LogP contribution in [0.2, 0.25) is 0 Å². The van der Waals surface area contributed by atoms with Gasteiger partial charge < -0.3 is 75.0 Å². The van der Waals surface area contributed by atoms with Crippen molar-refractivity contribution in [2.24, 2.45) is 10.9 Å². The number of amidine groups is 1. The molecule has 43 heavy (non-hydrogen) atoms. The van der Waals surface area contributed by atoms with Crippen LogP contribution in [-0.4, -0.2) is 178 Å². The second kappa shape index (κ2) is 13.8. The van der Waals surface area contributed by atoms with Crippen LogP contribution < -0.4 is 10.6 Å². The molecule has 3 fully saturated rings. The van der Waals surface area contributed by atoms with Gasteiger partial charge in [0.25, 0.3) is 6.02 Å². The third kappa shape index (κ3) is 6.74. The number of carbonyl (C=O) groups excluding carboxylic acids is 2. The number of aliphatic hydroxyl groups excluding tert-OH is 7. The van der Waals surface area contributed by atoms with Crippen LogP contribution in [0.25, 0.3) is 0 Å². The van der Waals surface area contributed by atoms with Crippen molar-refractivity contribution < 1.29 is 69.0 Å². The fourth-order valence-electron chi connectivity index (χ4n) is 5.91. The van der Waals surface area contributed by atoms with Crippen molar-refractivity contribution in [2.75, 3.05) is 33.9 Å². The highest BCUT2D eigenvalue weighted by Gasteiger charge is 2.58. The highest BCUT2D eigenvalue weighted by molar-refractivity contribution is 5.76. The van der Waals surface area contributed by atoms with Crippen LogP contribution in [0.3, 0.4) is 0 Å². The van der Waals surface area contributed by atoms with E-state index in [1.54, 1.807) is 19.0 Å². The molecule has 246 valence electrons. The van der Waals surface area contributed by atoms with Gasteiger partial charge in [0.2, 0.25) is 11.8 Å². The van der Waals surface area contributed by atoms with Crippen LogP contribution in [0, 0.1) is 5.92 Å². The van der Waals surface area contributed by atoms with Crippen molar-refractivity contribution in [3.8, 4) is 0 Å². The van der Waals surface area contributed by atoms with Gasteiger partial charge in [0.05, 0.1) is 31.8 Å². The molecule has 0 aromatic carbocycles. The fraction of sp³-hybridized carbons (Fsp3) is 0.880. The normalized spacial score (nSPS) is 44.3. The summed E-state index contributed by atoms with van der Waals surface area (Å²) in [4.78, 5) is 30.0. The molecular formula is C25H42N4O14. The van der Waals surface area contributed by atoms with Crippen molar-refractivity contribution >= 4 is 17.8 Å². The first kappa shape index (κ1) is 33.7. The Balaban J connectivity index is 1.57. The minimum atomic E-state index is -1.67. The number of carbonyl (C=O) groups is 2. The summed E-state index contributed by atoms with van der Waals surface area (Å²) in [6.07, 6.45) is -15.2. The van der Waals surface area contributed by atoms with Gasteiger partial charge >= 0.3 is 0 Å². The summed E-state index contributed by atoms with van der Waals surface area (Å²) in [7, 11) is 3.42. The van der Waals surface area contributed by atoms with Crippen molar-refractivity contribution in [2.45, 2.75) is 99.5 Å². The van der Waals surface area contributed by atoms with E-state index in [-0.39, 0.29) is 6.02 Å². The minimum Gasteiger partial charge on any atom is -0.459 e. The summed E-state index contributed by atoms with van der Waals surface area (Å²) in [5.41, 5.74) is 0. The Morgan fingerprint density at radius 3 is 1.84 bits per heavy atom. The smallest absolute Gasteiger partial charge is 0.287 e. The fourth-order valence-corrected chi connectivity index (χ4v) is 5.91. The van der Waals surface area contributed by atoms with E-state index in [4.69, 9.17) is 23.7 Å². The van der Waals surface area contributed by atoms with Gasteiger partial charge in [-0.25, -0.2) is 4.99 Å². The largest absolute Gasteiger partial charge is 0.459 e. The summed E-state index contributed by atoms with van der Waals surface area (Å²) >= 11 is 0. The van der Waals surface area contributed by atoms with Crippen LogP contribution in [-0.2, 0) is 33.3 Å². The second-order valence-electron chi connectivity index (χ2n) is 11.3. The number of hydrogen-bond donors (Lipinski definition) is 9. The molecule has 0 unspecified atom stereocenters. The summed E-state index contributed by atoms with van der Waals surface area (Å²) in [5, 5.41) is 78.3. The molecule has 0 radical (unpaired) electrons. The Bertz CT molecular complexity index is 1020. The van der Waals surface area contributed by atoms with E-state index in [9.17, 15) is 45.3 Å². The summed E-state index contributed by atoms with van der Waals surface area (Å²) in [5.74, 6) is -1.99. The molecule has 2 saturated heterocycles. The highest BCUT2D eigenvalue weighted by Crippen LogP contribution is 2.39. The van der Waals surface area contributed by atoms with Gasteiger partial charge in [0.15, 0.2) is 12.6 Å². The Kier molecular flexibility index (Phi) is 10.8. The lowest BCUT2D eigenvalue weighted by Crippen LogP contribution is -2.69. The molecular weight excluding hydrogens is 580 g/mol. The molecule has 4 aliphatic rings. The molecule has 0 aromatic heterocycles.